The Balaban J connectivity index is -0.0000000378. The second-order valence-electron chi connectivity index (χ2n) is 4.09. The second-order valence-corrected chi connectivity index (χ2v) is 4.09. The third-order valence-electron chi connectivity index (χ3n) is 0.673. The number of rotatable bonds is 3. The van der Waals surface area contributed by atoms with Crippen molar-refractivity contribution in [3.8, 4) is 0 Å². The lowest BCUT2D eigenvalue weighted by Gasteiger charge is -1.99. The lowest BCUT2D eigenvalue weighted by Crippen LogP contribution is -2.08. The van der Waals surface area contributed by atoms with Crippen molar-refractivity contribution in [3.63, 3.8) is 0 Å². The highest BCUT2D eigenvalue weighted by molar-refractivity contribution is 5.86. The van der Waals surface area contributed by atoms with Gasteiger partial charge >= 0.3 is 5.97 Å². The number of allylic oxidation sites excluding steroid dienone is 6. The average Bonchev–Trinajstić information content (AvgIpc) is 2.57. The van der Waals surface area contributed by atoms with Crippen LogP contribution in [-0.2, 0) is 9.53 Å². The molecule has 0 unspecified atom stereocenters. The van der Waals surface area contributed by atoms with Crippen LogP contribution in [0.5, 0.6) is 0 Å². The number of carbonyl (C=O) groups excluding carboxylic acids is 1. The minimum atomic E-state index is -0.455. The van der Waals surface area contributed by atoms with E-state index in [0.717, 1.165) is 0 Å². The minimum Gasteiger partial charge on any atom is -0.460 e. The molecule has 0 rings (SSSR count). The molecule has 27 heavy (non-hydrogen) atoms. The van der Waals surface area contributed by atoms with E-state index in [-0.39, 0.29) is 13.2 Å². The minimum absolute atomic E-state index is 0.0473. The average molecular weight is 383 g/mol. The van der Waals surface area contributed by atoms with Crippen LogP contribution in [0.3, 0.4) is 0 Å². The molecule has 0 heterocycles. The van der Waals surface area contributed by atoms with E-state index in [0.29, 0.717) is 5.57 Å². The van der Waals surface area contributed by atoms with Gasteiger partial charge in [0.15, 0.2) is 0 Å². The summed E-state index contributed by atoms with van der Waals surface area (Å²) < 4.78 is 4.46. The standard InChI is InChI=1S/C6H10O3.6C3H6/c1-5(2)6(8)9-4-3-7;6*1-3-2/h7H,1,3-4H2,2H3;6*3H,1H2,2H3. The van der Waals surface area contributed by atoms with Crippen LogP contribution in [0.15, 0.2) is 88.1 Å². The molecule has 0 bridgehead atoms. The lowest BCUT2D eigenvalue weighted by molar-refractivity contribution is -0.139. The zero-order valence-corrected chi connectivity index (χ0v) is 19.1. The first-order valence-electron chi connectivity index (χ1n) is 8.53. The van der Waals surface area contributed by atoms with Crippen molar-refractivity contribution >= 4 is 5.97 Å². The number of hydrogen-bond acceptors (Lipinski definition) is 3. The van der Waals surface area contributed by atoms with E-state index < -0.39 is 5.97 Å². The summed E-state index contributed by atoms with van der Waals surface area (Å²) in [5.74, 6) is -0.455. The van der Waals surface area contributed by atoms with Crippen LogP contribution < -0.4 is 0 Å². The van der Waals surface area contributed by atoms with Crippen molar-refractivity contribution in [2.24, 2.45) is 0 Å². The van der Waals surface area contributed by atoms with Gasteiger partial charge in [-0.2, -0.15) is 0 Å². The van der Waals surface area contributed by atoms with E-state index >= 15 is 0 Å². The Bertz CT molecular complexity index is 280. The molecule has 0 aromatic heterocycles. The summed E-state index contributed by atoms with van der Waals surface area (Å²) in [4.78, 5) is 10.5. The highest BCUT2D eigenvalue weighted by Crippen LogP contribution is 1.89. The molecule has 0 saturated carbocycles. The van der Waals surface area contributed by atoms with Gasteiger partial charge in [0.2, 0.25) is 0 Å². The molecule has 1 N–H and O–H groups in total. The maximum atomic E-state index is 10.5. The molecule has 0 aliphatic carbocycles. The highest BCUT2D eigenvalue weighted by Gasteiger charge is 1.99. The van der Waals surface area contributed by atoms with Crippen molar-refractivity contribution in [3.05, 3.63) is 88.1 Å². The summed E-state index contributed by atoms with van der Waals surface area (Å²) >= 11 is 0. The van der Waals surface area contributed by atoms with E-state index in [2.05, 4.69) is 50.8 Å². The fraction of sp³-hybridized carbons (Fsp3) is 0.375. The Morgan fingerprint density at radius 1 is 0.741 bits per heavy atom. The molecule has 0 atom stereocenters. The van der Waals surface area contributed by atoms with Gasteiger partial charge in [0.05, 0.1) is 6.61 Å². The molecule has 0 amide bonds. The maximum absolute atomic E-state index is 10.5. The van der Waals surface area contributed by atoms with Gasteiger partial charge < -0.3 is 9.84 Å². The fourth-order valence-corrected chi connectivity index (χ4v) is 0.262. The number of aliphatic hydroxyl groups is 1. The van der Waals surface area contributed by atoms with Gasteiger partial charge in [0, 0.05) is 5.57 Å². The molecule has 0 aliphatic heterocycles. The van der Waals surface area contributed by atoms with Crippen LogP contribution in [0.1, 0.15) is 48.5 Å². The Labute approximate surface area is 170 Å². The number of ether oxygens (including phenoxy) is 1. The van der Waals surface area contributed by atoms with Crippen LogP contribution in [-0.4, -0.2) is 24.3 Å². The maximum Gasteiger partial charge on any atom is 0.333 e. The van der Waals surface area contributed by atoms with Crippen molar-refractivity contribution in [2.45, 2.75) is 48.5 Å². The first kappa shape index (κ1) is 44.2. The molecule has 3 nitrogen and oxygen atoms in total. The molecule has 3 heteroatoms. The van der Waals surface area contributed by atoms with Gasteiger partial charge in [0.1, 0.15) is 6.61 Å². The summed E-state index contributed by atoms with van der Waals surface area (Å²) in [7, 11) is 0. The SMILES string of the molecule is C=C(C)C(=O)OCCO.C=CC.C=CC.C=CC.C=CC.C=CC.C=CC. The number of aliphatic hydroxyl groups excluding tert-OH is 1. The van der Waals surface area contributed by atoms with Crippen molar-refractivity contribution < 1.29 is 14.6 Å². The van der Waals surface area contributed by atoms with E-state index in [1.165, 1.54) is 0 Å². The summed E-state index contributed by atoms with van der Waals surface area (Å²) in [6.07, 6.45) is 10.5. The predicted molar refractivity (Wildman–Crippen MR) is 128 cm³/mol. The predicted octanol–water partition coefficient (Wildman–Crippen LogP) is 7.25. The Morgan fingerprint density at radius 2 is 0.926 bits per heavy atom. The van der Waals surface area contributed by atoms with Crippen LogP contribution in [0.4, 0.5) is 0 Å². The van der Waals surface area contributed by atoms with E-state index in [4.69, 9.17) is 5.11 Å². The monoisotopic (exact) mass is 382 g/mol. The van der Waals surface area contributed by atoms with Gasteiger partial charge in [-0.05, 0) is 48.5 Å². The van der Waals surface area contributed by atoms with Crippen molar-refractivity contribution in [2.75, 3.05) is 13.2 Å². The number of esters is 1. The third kappa shape index (κ3) is 350. The first-order valence-corrected chi connectivity index (χ1v) is 8.53. The molecule has 0 fully saturated rings. The van der Waals surface area contributed by atoms with E-state index in [1.54, 1.807) is 43.4 Å². The summed E-state index contributed by atoms with van der Waals surface area (Å²) in [5.41, 5.74) is 0.350. The Morgan fingerprint density at radius 3 is 1.04 bits per heavy atom. The van der Waals surface area contributed by atoms with Crippen LogP contribution in [0, 0.1) is 0 Å². The Hall–Kier alpha value is -2.39. The van der Waals surface area contributed by atoms with Gasteiger partial charge in [-0.15, -0.1) is 39.5 Å². The summed E-state index contributed by atoms with van der Waals surface area (Å²) in [6.45, 7) is 36.3. The van der Waals surface area contributed by atoms with Crippen LogP contribution >= 0.6 is 0 Å². The zero-order chi connectivity index (χ0) is 23.5. The molecular weight excluding hydrogens is 336 g/mol. The first-order chi connectivity index (χ1) is 12.7. The fourth-order valence-electron chi connectivity index (χ4n) is 0.262. The molecular formula is C24H46O3. The largest absolute Gasteiger partial charge is 0.460 e. The molecule has 0 spiro atoms. The van der Waals surface area contributed by atoms with Gasteiger partial charge in [-0.25, -0.2) is 4.79 Å². The lowest BCUT2D eigenvalue weighted by atomic mass is 10.4. The molecule has 0 aromatic rings. The Kier molecular flexibility index (Phi) is 124. The van der Waals surface area contributed by atoms with Crippen LogP contribution in [0.2, 0.25) is 0 Å². The topological polar surface area (TPSA) is 46.5 Å². The van der Waals surface area contributed by atoms with E-state index in [1.807, 2.05) is 41.5 Å². The third-order valence-corrected chi connectivity index (χ3v) is 0.673. The second kappa shape index (κ2) is 75.9. The van der Waals surface area contributed by atoms with Crippen molar-refractivity contribution in [1.82, 2.24) is 0 Å². The van der Waals surface area contributed by atoms with Crippen LogP contribution in [0.25, 0.3) is 0 Å². The smallest absolute Gasteiger partial charge is 0.333 e. The molecule has 0 saturated heterocycles. The normalized spacial score (nSPS) is 5.78. The highest BCUT2D eigenvalue weighted by atomic mass is 16.5. The van der Waals surface area contributed by atoms with Gasteiger partial charge in [0.25, 0.3) is 0 Å². The molecule has 0 radical (unpaired) electrons. The van der Waals surface area contributed by atoms with E-state index in [9.17, 15) is 4.79 Å². The number of carbonyl (C=O) groups is 1. The summed E-state index contributed by atoms with van der Waals surface area (Å²) in [5, 5.41) is 8.19. The zero-order valence-electron chi connectivity index (χ0n) is 19.1. The molecule has 0 aromatic carbocycles. The van der Waals surface area contributed by atoms with Crippen molar-refractivity contribution in [1.29, 1.82) is 0 Å². The van der Waals surface area contributed by atoms with Gasteiger partial charge in [-0.3, -0.25) is 0 Å². The molecule has 0 aliphatic rings. The molecule has 160 valence electrons. The quantitative estimate of drug-likeness (QED) is 0.317. The summed E-state index contributed by atoms with van der Waals surface area (Å²) in [6, 6.07) is 0. The van der Waals surface area contributed by atoms with Gasteiger partial charge in [-0.1, -0.05) is 43.0 Å². The number of hydrogen-bond donors (Lipinski definition) is 1.